The van der Waals surface area contributed by atoms with Gasteiger partial charge in [-0.25, -0.2) is 4.98 Å². The molecule has 2 N–H and O–H groups in total. The normalized spacial score (nSPS) is 9.92. The number of rotatable bonds is 5. The molecule has 0 aliphatic carbocycles. The molecule has 0 atom stereocenters. The van der Waals surface area contributed by atoms with Gasteiger partial charge in [-0.2, -0.15) is 0 Å². The van der Waals surface area contributed by atoms with Crippen LogP contribution in [0.25, 0.3) is 0 Å². The molecule has 1 rings (SSSR count). The molecule has 4 nitrogen and oxygen atoms in total. The number of ether oxygens (including phenoxy) is 2. The third-order valence-electron chi connectivity index (χ3n) is 1.49. The lowest BCUT2D eigenvalue weighted by molar-refractivity contribution is 0.110. The lowest BCUT2D eigenvalue weighted by Gasteiger charge is -2.06. The Hall–Kier alpha value is -1.29. The van der Waals surface area contributed by atoms with Crippen LogP contribution in [0.3, 0.4) is 0 Å². The molecule has 72 valence electrons. The fourth-order valence-corrected chi connectivity index (χ4v) is 0.880. The van der Waals surface area contributed by atoms with Crippen molar-refractivity contribution in [3.63, 3.8) is 0 Å². The second kappa shape index (κ2) is 5.37. The highest BCUT2D eigenvalue weighted by atomic mass is 16.5. The third-order valence-corrected chi connectivity index (χ3v) is 1.49. The third kappa shape index (κ3) is 3.29. The van der Waals surface area contributed by atoms with Crippen LogP contribution in [0, 0.1) is 0 Å². The summed E-state index contributed by atoms with van der Waals surface area (Å²) in [6.45, 7) is 3.72. The number of nitrogens with two attached hydrogens (primary N) is 1. The van der Waals surface area contributed by atoms with Crippen LogP contribution in [0.1, 0.15) is 6.92 Å². The Morgan fingerprint density at radius 2 is 2.31 bits per heavy atom. The summed E-state index contributed by atoms with van der Waals surface area (Å²) in [6, 6.07) is 3.57. The average Bonchev–Trinajstić information content (AvgIpc) is 2.15. The standard InChI is InChI=1S/C9H14N2O2/c1-2-12-6-7-13-8-4-3-5-11-9(8)10/h3-5H,2,6-7H2,1H3,(H2,10,11). The van der Waals surface area contributed by atoms with Crippen molar-refractivity contribution in [3.8, 4) is 5.75 Å². The maximum absolute atomic E-state index is 5.56. The van der Waals surface area contributed by atoms with E-state index in [1.807, 2.05) is 6.92 Å². The van der Waals surface area contributed by atoms with Crippen molar-refractivity contribution in [2.24, 2.45) is 0 Å². The summed E-state index contributed by atoms with van der Waals surface area (Å²) in [5.41, 5.74) is 5.56. The van der Waals surface area contributed by atoms with E-state index in [0.717, 1.165) is 0 Å². The minimum absolute atomic E-state index is 0.416. The molecule has 0 spiro atoms. The summed E-state index contributed by atoms with van der Waals surface area (Å²) in [6.07, 6.45) is 1.63. The largest absolute Gasteiger partial charge is 0.487 e. The van der Waals surface area contributed by atoms with Crippen LogP contribution in [0.4, 0.5) is 5.82 Å². The summed E-state index contributed by atoms with van der Waals surface area (Å²) < 4.78 is 10.4. The van der Waals surface area contributed by atoms with Crippen LogP contribution in [-0.2, 0) is 4.74 Å². The summed E-state index contributed by atoms with van der Waals surface area (Å²) >= 11 is 0. The number of nitrogen functional groups attached to an aromatic ring is 1. The van der Waals surface area contributed by atoms with E-state index >= 15 is 0 Å². The first-order valence-corrected chi connectivity index (χ1v) is 4.25. The van der Waals surface area contributed by atoms with Gasteiger partial charge < -0.3 is 15.2 Å². The van der Waals surface area contributed by atoms with E-state index in [1.165, 1.54) is 0 Å². The topological polar surface area (TPSA) is 57.4 Å². The number of anilines is 1. The van der Waals surface area contributed by atoms with Gasteiger partial charge in [0.15, 0.2) is 11.6 Å². The fourth-order valence-electron chi connectivity index (χ4n) is 0.880. The first kappa shape index (κ1) is 9.80. The highest BCUT2D eigenvalue weighted by molar-refractivity contribution is 5.44. The highest BCUT2D eigenvalue weighted by Crippen LogP contribution is 2.16. The molecular weight excluding hydrogens is 168 g/mol. The van der Waals surface area contributed by atoms with Gasteiger partial charge in [-0.1, -0.05) is 0 Å². The van der Waals surface area contributed by atoms with Crippen molar-refractivity contribution in [1.82, 2.24) is 4.98 Å². The zero-order valence-electron chi connectivity index (χ0n) is 7.69. The van der Waals surface area contributed by atoms with Crippen LogP contribution in [0.2, 0.25) is 0 Å². The van der Waals surface area contributed by atoms with E-state index in [2.05, 4.69) is 4.98 Å². The molecule has 4 heteroatoms. The zero-order chi connectivity index (χ0) is 9.52. The Balaban J connectivity index is 2.32. The van der Waals surface area contributed by atoms with Crippen LogP contribution in [0.15, 0.2) is 18.3 Å². The van der Waals surface area contributed by atoms with E-state index < -0.39 is 0 Å². The smallest absolute Gasteiger partial charge is 0.166 e. The summed E-state index contributed by atoms with van der Waals surface area (Å²) in [4.78, 5) is 3.89. The predicted octanol–water partition coefficient (Wildman–Crippen LogP) is 1.08. The first-order chi connectivity index (χ1) is 6.34. The highest BCUT2D eigenvalue weighted by Gasteiger charge is 1.98. The number of hydrogen-bond donors (Lipinski definition) is 1. The van der Waals surface area contributed by atoms with Crippen molar-refractivity contribution in [3.05, 3.63) is 18.3 Å². The van der Waals surface area contributed by atoms with Crippen LogP contribution in [-0.4, -0.2) is 24.8 Å². The van der Waals surface area contributed by atoms with Gasteiger partial charge in [0.1, 0.15) is 6.61 Å². The quantitative estimate of drug-likeness (QED) is 0.692. The predicted molar refractivity (Wildman–Crippen MR) is 50.6 cm³/mol. The van der Waals surface area contributed by atoms with Gasteiger partial charge in [-0.15, -0.1) is 0 Å². The number of hydrogen-bond acceptors (Lipinski definition) is 4. The summed E-state index contributed by atoms with van der Waals surface area (Å²) in [5, 5.41) is 0. The van der Waals surface area contributed by atoms with Gasteiger partial charge >= 0.3 is 0 Å². The Bertz CT molecular complexity index is 253. The second-order valence-corrected chi connectivity index (χ2v) is 2.43. The van der Waals surface area contributed by atoms with E-state index in [1.54, 1.807) is 18.3 Å². The van der Waals surface area contributed by atoms with Gasteiger partial charge in [0.25, 0.3) is 0 Å². The molecule has 0 unspecified atom stereocenters. The van der Waals surface area contributed by atoms with E-state index in [4.69, 9.17) is 15.2 Å². The maximum Gasteiger partial charge on any atom is 0.166 e. The van der Waals surface area contributed by atoms with Gasteiger partial charge in [0, 0.05) is 12.8 Å². The number of pyridine rings is 1. The zero-order valence-corrected chi connectivity index (χ0v) is 7.69. The minimum Gasteiger partial charge on any atom is -0.487 e. The number of nitrogens with zero attached hydrogens (tertiary/aromatic N) is 1. The van der Waals surface area contributed by atoms with Crippen LogP contribution >= 0.6 is 0 Å². The SMILES string of the molecule is CCOCCOc1cccnc1N. The lowest BCUT2D eigenvalue weighted by Crippen LogP contribution is -2.07. The van der Waals surface area contributed by atoms with Crippen molar-refractivity contribution in [1.29, 1.82) is 0 Å². The molecule has 13 heavy (non-hydrogen) atoms. The second-order valence-electron chi connectivity index (χ2n) is 2.43. The fraction of sp³-hybridized carbons (Fsp3) is 0.444. The van der Waals surface area contributed by atoms with Crippen LogP contribution in [0.5, 0.6) is 5.75 Å². The molecule has 0 radical (unpaired) electrons. The summed E-state index contributed by atoms with van der Waals surface area (Å²) in [5.74, 6) is 1.03. The Labute approximate surface area is 77.7 Å². The average molecular weight is 182 g/mol. The van der Waals surface area contributed by atoms with Gasteiger partial charge in [-0.3, -0.25) is 0 Å². The van der Waals surface area contributed by atoms with E-state index in [9.17, 15) is 0 Å². The molecule has 1 aromatic heterocycles. The molecule has 1 heterocycles. The summed E-state index contributed by atoms with van der Waals surface area (Å²) in [7, 11) is 0. The molecule has 0 aromatic carbocycles. The molecule has 0 amide bonds. The molecule has 1 aromatic rings. The molecule has 0 bridgehead atoms. The number of aromatic nitrogens is 1. The lowest BCUT2D eigenvalue weighted by atomic mass is 10.4. The molecule has 0 saturated carbocycles. The van der Waals surface area contributed by atoms with E-state index in [-0.39, 0.29) is 0 Å². The van der Waals surface area contributed by atoms with Crippen molar-refractivity contribution in [2.75, 3.05) is 25.6 Å². The van der Waals surface area contributed by atoms with Gasteiger partial charge in [-0.05, 0) is 19.1 Å². The molecule has 0 fully saturated rings. The van der Waals surface area contributed by atoms with Crippen molar-refractivity contribution >= 4 is 5.82 Å². The van der Waals surface area contributed by atoms with E-state index in [0.29, 0.717) is 31.4 Å². The maximum atomic E-state index is 5.56. The van der Waals surface area contributed by atoms with Gasteiger partial charge in [0.05, 0.1) is 6.61 Å². The van der Waals surface area contributed by atoms with Crippen molar-refractivity contribution < 1.29 is 9.47 Å². The monoisotopic (exact) mass is 182 g/mol. The Morgan fingerprint density at radius 3 is 3.00 bits per heavy atom. The Kier molecular flexibility index (Phi) is 4.05. The molecular formula is C9H14N2O2. The Morgan fingerprint density at radius 1 is 1.46 bits per heavy atom. The minimum atomic E-state index is 0.416. The van der Waals surface area contributed by atoms with Crippen molar-refractivity contribution in [2.45, 2.75) is 6.92 Å². The molecule has 0 aliphatic heterocycles. The van der Waals surface area contributed by atoms with Gasteiger partial charge in [0.2, 0.25) is 0 Å². The molecule has 0 aliphatic rings. The first-order valence-electron chi connectivity index (χ1n) is 4.25. The van der Waals surface area contributed by atoms with Crippen LogP contribution < -0.4 is 10.5 Å². The molecule has 0 saturated heterocycles.